The van der Waals surface area contributed by atoms with Crippen molar-refractivity contribution in [3.05, 3.63) is 41.7 Å². The zero-order valence-electron chi connectivity index (χ0n) is 11.7. The summed E-state index contributed by atoms with van der Waals surface area (Å²) in [5, 5.41) is 6.55. The van der Waals surface area contributed by atoms with Gasteiger partial charge in [0.2, 0.25) is 0 Å². The van der Waals surface area contributed by atoms with E-state index in [1.807, 2.05) is 0 Å². The van der Waals surface area contributed by atoms with Crippen molar-refractivity contribution in [2.24, 2.45) is 0 Å². The molecule has 0 bridgehead atoms. The molecule has 1 heterocycles. The van der Waals surface area contributed by atoms with Gasteiger partial charge < -0.3 is 10.6 Å². The summed E-state index contributed by atoms with van der Waals surface area (Å²) < 4.78 is 0. The lowest BCUT2D eigenvalue weighted by Gasteiger charge is -2.11. The highest BCUT2D eigenvalue weighted by Gasteiger charge is 2.02. The molecule has 0 atom stereocenters. The second kappa shape index (κ2) is 6.18. The van der Waals surface area contributed by atoms with Gasteiger partial charge in [0.25, 0.3) is 0 Å². The molecule has 1 aromatic heterocycles. The third kappa shape index (κ3) is 3.68. The van der Waals surface area contributed by atoms with E-state index in [0.29, 0.717) is 0 Å². The Kier molecular flexibility index (Phi) is 4.34. The van der Waals surface area contributed by atoms with Gasteiger partial charge in [0.1, 0.15) is 5.82 Å². The molecule has 0 aliphatic heterocycles. The summed E-state index contributed by atoms with van der Waals surface area (Å²) >= 11 is 0. The standard InChI is InChI=1S/C15H20N4/c1-4-7-17-14-9-16-10-15(19-14)18-13-8-11(2)5-6-12(13)3/h5-6,8-10H,4,7H2,1-3H3,(H2,17,18,19). The van der Waals surface area contributed by atoms with Crippen LogP contribution < -0.4 is 10.6 Å². The normalized spacial score (nSPS) is 10.3. The van der Waals surface area contributed by atoms with Crippen molar-refractivity contribution in [2.75, 3.05) is 17.2 Å². The van der Waals surface area contributed by atoms with Crippen LogP contribution in [0.25, 0.3) is 0 Å². The largest absolute Gasteiger partial charge is 0.369 e. The second-order valence-electron chi connectivity index (χ2n) is 4.66. The zero-order chi connectivity index (χ0) is 13.7. The molecule has 19 heavy (non-hydrogen) atoms. The fourth-order valence-corrected chi connectivity index (χ4v) is 1.77. The van der Waals surface area contributed by atoms with Gasteiger partial charge >= 0.3 is 0 Å². The molecule has 2 aromatic rings. The van der Waals surface area contributed by atoms with Crippen LogP contribution in [-0.2, 0) is 0 Å². The Morgan fingerprint density at radius 3 is 2.68 bits per heavy atom. The second-order valence-corrected chi connectivity index (χ2v) is 4.66. The van der Waals surface area contributed by atoms with Gasteiger partial charge in [-0.05, 0) is 37.5 Å². The summed E-state index contributed by atoms with van der Waals surface area (Å²) in [6, 6.07) is 6.32. The number of hydrogen-bond acceptors (Lipinski definition) is 4. The Morgan fingerprint density at radius 1 is 1.11 bits per heavy atom. The van der Waals surface area contributed by atoms with E-state index in [1.165, 1.54) is 11.1 Å². The Morgan fingerprint density at radius 2 is 1.89 bits per heavy atom. The monoisotopic (exact) mass is 256 g/mol. The highest BCUT2D eigenvalue weighted by molar-refractivity contribution is 5.61. The summed E-state index contributed by atoms with van der Waals surface area (Å²) in [6.07, 6.45) is 4.54. The topological polar surface area (TPSA) is 49.8 Å². The van der Waals surface area contributed by atoms with Crippen molar-refractivity contribution in [2.45, 2.75) is 27.2 Å². The third-order valence-corrected chi connectivity index (χ3v) is 2.85. The Bertz CT molecular complexity index is 552. The van der Waals surface area contributed by atoms with E-state index in [9.17, 15) is 0 Å². The van der Waals surface area contributed by atoms with E-state index in [-0.39, 0.29) is 0 Å². The number of benzene rings is 1. The van der Waals surface area contributed by atoms with Crippen molar-refractivity contribution in [1.82, 2.24) is 9.97 Å². The van der Waals surface area contributed by atoms with Gasteiger partial charge in [0, 0.05) is 12.2 Å². The SMILES string of the molecule is CCCNc1cncc(Nc2cc(C)ccc2C)n1. The molecular weight excluding hydrogens is 236 g/mol. The van der Waals surface area contributed by atoms with Gasteiger partial charge in [-0.1, -0.05) is 19.1 Å². The van der Waals surface area contributed by atoms with Gasteiger partial charge in [-0.25, -0.2) is 4.98 Å². The molecule has 4 nitrogen and oxygen atoms in total. The summed E-state index contributed by atoms with van der Waals surface area (Å²) in [4.78, 5) is 8.69. The number of rotatable bonds is 5. The van der Waals surface area contributed by atoms with Crippen molar-refractivity contribution in [1.29, 1.82) is 0 Å². The van der Waals surface area contributed by atoms with Crippen LogP contribution in [0.1, 0.15) is 24.5 Å². The molecule has 4 heteroatoms. The smallest absolute Gasteiger partial charge is 0.151 e. The average Bonchev–Trinajstić information content (AvgIpc) is 2.41. The lowest BCUT2D eigenvalue weighted by Crippen LogP contribution is -2.04. The molecule has 0 amide bonds. The minimum absolute atomic E-state index is 0.759. The van der Waals surface area contributed by atoms with E-state index in [0.717, 1.165) is 30.3 Å². The first kappa shape index (κ1) is 13.3. The molecule has 0 spiro atoms. The maximum Gasteiger partial charge on any atom is 0.151 e. The molecule has 0 unspecified atom stereocenters. The van der Waals surface area contributed by atoms with E-state index in [2.05, 4.69) is 59.6 Å². The molecule has 0 aliphatic carbocycles. The van der Waals surface area contributed by atoms with Crippen LogP contribution in [0.5, 0.6) is 0 Å². The van der Waals surface area contributed by atoms with Crippen LogP contribution in [0, 0.1) is 13.8 Å². The number of anilines is 3. The lowest BCUT2D eigenvalue weighted by molar-refractivity contribution is 0.965. The van der Waals surface area contributed by atoms with Crippen LogP contribution >= 0.6 is 0 Å². The fraction of sp³-hybridized carbons (Fsp3) is 0.333. The minimum Gasteiger partial charge on any atom is -0.369 e. The highest BCUT2D eigenvalue weighted by atomic mass is 15.1. The third-order valence-electron chi connectivity index (χ3n) is 2.85. The van der Waals surface area contributed by atoms with E-state index in [4.69, 9.17) is 0 Å². The van der Waals surface area contributed by atoms with Crippen molar-refractivity contribution in [3.63, 3.8) is 0 Å². The summed E-state index contributed by atoms with van der Waals surface area (Å²) in [5.74, 6) is 1.56. The predicted molar refractivity (Wildman–Crippen MR) is 80.0 cm³/mol. The van der Waals surface area contributed by atoms with Crippen molar-refractivity contribution in [3.8, 4) is 0 Å². The van der Waals surface area contributed by atoms with Crippen molar-refractivity contribution >= 4 is 17.3 Å². The van der Waals surface area contributed by atoms with E-state index >= 15 is 0 Å². The van der Waals surface area contributed by atoms with Crippen LogP contribution in [0.15, 0.2) is 30.6 Å². The van der Waals surface area contributed by atoms with Gasteiger partial charge in [-0.15, -0.1) is 0 Å². The van der Waals surface area contributed by atoms with Crippen LogP contribution in [0.2, 0.25) is 0 Å². The number of aryl methyl sites for hydroxylation is 2. The molecule has 2 N–H and O–H groups in total. The van der Waals surface area contributed by atoms with Crippen LogP contribution in [-0.4, -0.2) is 16.5 Å². The lowest BCUT2D eigenvalue weighted by atomic mass is 10.1. The first-order valence-electron chi connectivity index (χ1n) is 6.59. The van der Waals surface area contributed by atoms with Gasteiger partial charge in [0.15, 0.2) is 5.82 Å². The first-order chi connectivity index (χ1) is 9.19. The number of hydrogen-bond donors (Lipinski definition) is 2. The molecule has 0 saturated heterocycles. The number of aromatic nitrogens is 2. The van der Waals surface area contributed by atoms with Crippen LogP contribution in [0.3, 0.4) is 0 Å². The first-order valence-corrected chi connectivity index (χ1v) is 6.59. The van der Waals surface area contributed by atoms with Crippen LogP contribution in [0.4, 0.5) is 17.3 Å². The fourth-order valence-electron chi connectivity index (χ4n) is 1.77. The molecule has 2 rings (SSSR count). The molecule has 0 saturated carbocycles. The average molecular weight is 256 g/mol. The Balaban J connectivity index is 2.16. The van der Waals surface area contributed by atoms with E-state index < -0.39 is 0 Å². The van der Waals surface area contributed by atoms with Gasteiger partial charge in [-0.2, -0.15) is 0 Å². The molecule has 0 radical (unpaired) electrons. The molecule has 0 fully saturated rings. The minimum atomic E-state index is 0.759. The zero-order valence-corrected chi connectivity index (χ0v) is 11.7. The molecule has 100 valence electrons. The Hall–Kier alpha value is -2.10. The molecule has 1 aromatic carbocycles. The molecular formula is C15H20N4. The predicted octanol–water partition coefficient (Wildman–Crippen LogP) is 3.66. The number of nitrogens with zero attached hydrogens (tertiary/aromatic N) is 2. The summed E-state index contributed by atoms with van der Waals surface area (Å²) in [6.45, 7) is 7.18. The molecule has 0 aliphatic rings. The van der Waals surface area contributed by atoms with Crippen molar-refractivity contribution < 1.29 is 0 Å². The maximum absolute atomic E-state index is 4.49. The summed E-state index contributed by atoms with van der Waals surface area (Å²) in [5.41, 5.74) is 3.49. The maximum atomic E-state index is 4.49. The van der Waals surface area contributed by atoms with E-state index in [1.54, 1.807) is 12.4 Å². The summed E-state index contributed by atoms with van der Waals surface area (Å²) in [7, 11) is 0. The van der Waals surface area contributed by atoms with Gasteiger partial charge in [0.05, 0.1) is 12.4 Å². The quantitative estimate of drug-likeness (QED) is 0.857. The highest BCUT2D eigenvalue weighted by Crippen LogP contribution is 2.20. The number of nitrogens with one attached hydrogen (secondary N) is 2. The Labute approximate surface area is 114 Å². The van der Waals surface area contributed by atoms with Gasteiger partial charge in [-0.3, -0.25) is 4.98 Å².